The first-order valence-electron chi connectivity index (χ1n) is 8.07. The van der Waals surface area contributed by atoms with E-state index in [0.717, 1.165) is 5.56 Å². The zero-order valence-corrected chi connectivity index (χ0v) is 14.5. The molecule has 2 aromatic rings. The van der Waals surface area contributed by atoms with Gasteiger partial charge in [-0.3, -0.25) is 9.59 Å². The number of carboxylic acid groups (broad SMARTS) is 1. The van der Waals surface area contributed by atoms with Crippen molar-refractivity contribution in [1.29, 1.82) is 0 Å². The molecule has 2 N–H and O–H groups in total. The van der Waals surface area contributed by atoms with Crippen molar-refractivity contribution in [3.63, 3.8) is 0 Å². The molecule has 7 nitrogen and oxygen atoms in total. The standard InChI is InChI=1S/C18H17ClN2O5/c19-13-4-2-1-3-11(13)9-21-10-12(5-8-16(21)22)20-17(23)14-6-7-15(26-14)18(24)25/h1-5,8,10,14-15H,6-7,9H2,(H,20,23)(H,24,25)/t14-,15+/m0/s1. The lowest BCUT2D eigenvalue weighted by Gasteiger charge is -2.13. The van der Waals surface area contributed by atoms with Gasteiger partial charge in [0.05, 0.1) is 12.2 Å². The number of nitrogens with one attached hydrogen (secondary N) is 1. The van der Waals surface area contributed by atoms with Gasteiger partial charge in [0.2, 0.25) is 0 Å². The van der Waals surface area contributed by atoms with Gasteiger partial charge in [-0.2, -0.15) is 0 Å². The van der Waals surface area contributed by atoms with Crippen LogP contribution in [0.3, 0.4) is 0 Å². The SMILES string of the molecule is O=C(Nc1ccc(=O)n(Cc2ccccc2Cl)c1)[C@@H]1CC[C@H](C(=O)O)O1. The van der Waals surface area contributed by atoms with Gasteiger partial charge < -0.3 is 19.7 Å². The monoisotopic (exact) mass is 376 g/mol. The summed E-state index contributed by atoms with van der Waals surface area (Å²) in [5.41, 5.74) is 0.971. The first-order chi connectivity index (χ1) is 12.4. The van der Waals surface area contributed by atoms with Crippen molar-refractivity contribution in [2.75, 3.05) is 5.32 Å². The molecule has 26 heavy (non-hydrogen) atoms. The number of nitrogens with zero attached hydrogens (tertiary/aromatic N) is 1. The van der Waals surface area contributed by atoms with E-state index < -0.39 is 24.1 Å². The zero-order chi connectivity index (χ0) is 18.7. The van der Waals surface area contributed by atoms with Crippen LogP contribution in [0.5, 0.6) is 0 Å². The third-order valence-electron chi connectivity index (χ3n) is 4.14. The van der Waals surface area contributed by atoms with Gasteiger partial charge in [0, 0.05) is 17.3 Å². The fraction of sp³-hybridized carbons (Fsp3) is 0.278. The molecule has 0 saturated carbocycles. The van der Waals surface area contributed by atoms with E-state index in [1.807, 2.05) is 12.1 Å². The van der Waals surface area contributed by atoms with E-state index in [1.165, 1.54) is 22.9 Å². The second-order valence-electron chi connectivity index (χ2n) is 5.99. The lowest BCUT2D eigenvalue weighted by molar-refractivity contribution is -0.150. The van der Waals surface area contributed by atoms with Gasteiger partial charge in [-0.15, -0.1) is 0 Å². The van der Waals surface area contributed by atoms with Gasteiger partial charge in [-0.1, -0.05) is 29.8 Å². The van der Waals surface area contributed by atoms with Gasteiger partial charge >= 0.3 is 5.97 Å². The molecule has 1 aliphatic heterocycles. The quantitative estimate of drug-likeness (QED) is 0.833. The zero-order valence-electron chi connectivity index (χ0n) is 13.7. The highest BCUT2D eigenvalue weighted by Crippen LogP contribution is 2.21. The summed E-state index contributed by atoms with van der Waals surface area (Å²) in [5, 5.41) is 12.1. The first kappa shape index (κ1) is 18.2. The molecule has 1 amide bonds. The van der Waals surface area contributed by atoms with Gasteiger partial charge in [0.1, 0.15) is 6.10 Å². The van der Waals surface area contributed by atoms with Gasteiger partial charge in [0.15, 0.2) is 6.10 Å². The maximum atomic E-state index is 12.3. The van der Waals surface area contributed by atoms with E-state index in [2.05, 4.69) is 5.32 Å². The predicted octanol–water partition coefficient (Wildman–Crippen LogP) is 2.12. The number of anilines is 1. The number of hydrogen-bond donors (Lipinski definition) is 2. The number of aliphatic carboxylic acids is 1. The summed E-state index contributed by atoms with van der Waals surface area (Å²) in [6, 6.07) is 10.0. The summed E-state index contributed by atoms with van der Waals surface area (Å²) < 4.78 is 6.66. The van der Waals surface area contributed by atoms with Crippen molar-refractivity contribution in [3.8, 4) is 0 Å². The van der Waals surface area contributed by atoms with Crippen molar-refractivity contribution in [2.24, 2.45) is 0 Å². The molecule has 3 rings (SSSR count). The Labute approximate surface area is 154 Å². The molecule has 2 heterocycles. The van der Waals surface area contributed by atoms with Crippen LogP contribution >= 0.6 is 11.6 Å². The van der Waals surface area contributed by atoms with Crippen molar-refractivity contribution in [1.82, 2.24) is 4.57 Å². The number of ether oxygens (including phenoxy) is 1. The molecule has 1 aromatic heterocycles. The summed E-state index contributed by atoms with van der Waals surface area (Å²) in [6.45, 7) is 0.267. The highest BCUT2D eigenvalue weighted by molar-refractivity contribution is 6.31. The number of carbonyl (C=O) groups is 2. The van der Waals surface area contributed by atoms with Crippen LogP contribution in [-0.4, -0.2) is 33.8 Å². The summed E-state index contributed by atoms with van der Waals surface area (Å²) in [5.74, 6) is -1.51. The van der Waals surface area contributed by atoms with Crippen LogP contribution in [0.15, 0.2) is 47.4 Å². The molecule has 0 spiro atoms. The number of pyridine rings is 1. The van der Waals surface area contributed by atoms with Crippen LogP contribution in [0.1, 0.15) is 18.4 Å². The number of carboxylic acids is 1. The molecule has 136 valence electrons. The molecule has 2 atom stereocenters. The summed E-state index contributed by atoms with van der Waals surface area (Å²) >= 11 is 6.13. The van der Waals surface area contributed by atoms with E-state index >= 15 is 0 Å². The molecular weight excluding hydrogens is 360 g/mol. The summed E-state index contributed by atoms with van der Waals surface area (Å²) in [6.07, 6.45) is 0.370. The second kappa shape index (κ2) is 7.72. The van der Waals surface area contributed by atoms with Crippen LogP contribution in [-0.2, 0) is 20.9 Å². The van der Waals surface area contributed by atoms with Crippen LogP contribution < -0.4 is 10.9 Å². The minimum atomic E-state index is -1.08. The second-order valence-corrected chi connectivity index (χ2v) is 6.40. The molecule has 0 radical (unpaired) electrons. The molecule has 1 aromatic carbocycles. The number of amides is 1. The van der Waals surface area contributed by atoms with Gasteiger partial charge in [-0.25, -0.2) is 4.79 Å². The van der Waals surface area contributed by atoms with Crippen LogP contribution in [0, 0.1) is 0 Å². The van der Waals surface area contributed by atoms with Crippen molar-refractivity contribution < 1.29 is 19.4 Å². The van der Waals surface area contributed by atoms with Crippen LogP contribution in [0.2, 0.25) is 5.02 Å². The lowest BCUT2D eigenvalue weighted by Crippen LogP contribution is -2.30. The highest BCUT2D eigenvalue weighted by atomic mass is 35.5. The van der Waals surface area contributed by atoms with Crippen molar-refractivity contribution in [3.05, 3.63) is 63.5 Å². The Morgan fingerprint density at radius 2 is 1.92 bits per heavy atom. The smallest absolute Gasteiger partial charge is 0.332 e. The number of carbonyl (C=O) groups excluding carboxylic acids is 1. The van der Waals surface area contributed by atoms with Crippen molar-refractivity contribution in [2.45, 2.75) is 31.6 Å². The van der Waals surface area contributed by atoms with Gasteiger partial charge in [-0.05, 0) is 30.5 Å². The number of aromatic nitrogens is 1. The van der Waals surface area contributed by atoms with Crippen LogP contribution in [0.25, 0.3) is 0 Å². The number of rotatable bonds is 5. The lowest BCUT2D eigenvalue weighted by atomic mass is 10.2. The molecule has 0 aliphatic carbocycles. The third-order valence-corrected chi connectivity index (χ3v) is 4.51. The van der Waals surface area contributed by atoms with E-state index in [4.69, 9.17) is 21.4 Å². The van der Waals surface area contributed by atoms with Crippen molar-refractivity contribution >= 4 is 29.2 Å². The minimum absolute atomic E-state index is 0.231. The fourth-order valence-corrected chi connectivity index (χ4v) is 2.97. The fourth-order valence-electron chi connectivity index (χ4n) is 2.77. The van der Waals surface area contributed by atoms with Crippen LogP contribution in [0.4, 0.5) is 5.69 Å². The average molecular weight is 377 g/mol. The van der Waals surface area contributed by atoms with E-state index in [9.17, 15) is 14.4 Å². The Hall–Kier alpha value is -2.64. The normalized spacial score (nSPS) is 19.3. The topological polar surface area (TPSA) is 97.6 Å². The Morgan fingerprint density at radius 3 is 2.62 bits per heavy atom. The molecule has 1 saturated heterocycles. The number of halogens is 1. The predicted molar refractivity (Wildman–Crippen MR) is 95.4 cm³/mol. The third kappa shape index (κ3) is 4.12. The number of benzene rings is 1. The Balaban J connectivity index is 1.72. The maximum absolute atomic E-state index is 12.3. The maximum Gasteiger partial charge on any atom is 0.332 e. The molecule has 0 bridgehead atoms. The minimum Gasteiger partial charge on any atom is -0.479 e. The van der Waals surface area contributed by atoms with E-state index in [0.29, 0.717) is 23.6 Å². The molecule has 1 aliphatic rings. The summed E-state index contributed by atoms with van der Waals surface area (Å²) in [7, 11) is 0. The highest BCUT2D eigenvalue weighted by Gasteiger charge is 2.34. The molecule has 0 unspecified atom stereocenters. The largest absolute Gasteiger partial charge is 0.479 e. The molecule has 8 heteroatoms. The molecule has 1 fully saturated rings. The summed E-state index contributed by atoms with van der Waals surface area (Å²) in [4.78, 5) is 35.2. The Morgan fingerprint density at radius 1 is 1.19 bits per heavy atom. The van der Waals surface area contributed by atoms with E-state index in [-0.39, 0.29) is 12.1 Å². The van der Waals surface area contributed by atoms with E-state index in [1.54, 1.807) is 12.1 Å². The molecular formula is C18H17ClN2O5. The van der Waals surface area contributed by atoms with Gasteiger partial charge in [0.25, 0.3) is 11.5 Å². The Kier molecular flexibility index (Phi) is 5.39. The first-order valence-corrected chi connectivity index (χ1v) is 8.45. The average Bonchev–Trinajstić information content (AvgIpc) is 3.10. The Bertz CT molecular complexity index is 895. The number of hydrogen-bond acceptors (Lipinski definition) is 4.